The van der Waals surface area contributed by atoms with Gasteiger partial charge in [-0.05, 0) is 43.0 Å². The van der Waals surface area contributed by atoms with Crippen LogP contribution in [0.5, 0.6) is 0 Å². The number of rotatable bonds is 2. The maximum atomic E-state index is 12.8. The molecule has 0 fully saturated rings. The molecule has 0 radical (unpaired) electrons. The van der Waals surface area contributed by atoms with Crippen molar-refractivity contribution in [3.63, 3.8) is 0 Å². The Morgan fingerprint density at radius 1 is 1.13 bits per heavy atom. The lowest BCUT2D eigenvalue weighted by Crippen LogP contribution is -2.41. The quantitative estimate of drug-likeness (QED) is 0.728. The van der Waals surface area contributed by atoms with Gasteiger partial charge in [0.2, 0.25) is 5.91 Å². The fourth-order valence-electron chi connectivity index (χ4n) is 3.17. The van der Waals surface area contributed by atoms with Gasteiger partial charge in [-0.3, -0.25) is 4.79 Å². The highest BCUT2D eigenvalue weighted by Gasteiger charge is 2.33. The van der Waals surface area contributed by atoms with E-state index in [1.165, 1.54) is 11.1 Å². The Morgan fingerprint density at radius 2 is 1.78 bits per heavy atom. The van der Waals surface area contributed by atoms with E-state index in [1.54, 1.807) is 0 Å². The Morgan fingerprint density at radius 3 is 2.48 bits per heavy atom. The van der Waals surface area contributed by atoms with E-state index in [0.717, 1.165) is 17.6 Å². The van der Waals surface area contributed by atoms with Crippen molar-refractivity contribution in [1.29, 1.82) is 0 Å². The summed E-state index contributed by atoms with van der Waals surface area (Å²) in [6, 6.07) is 16.0. The molecule has 0 saturated carbocycles. The van der Waals surface area contributed by atoms with Gasteiger partial charge in [0.1, 0.15) is 0 Å². The zero-order valence-corrected chi connectivity index (χ0v) is 14.2. The van der Waals surface area contributed by atoms with E-state index >= 15 is 0 Å². The number of hydrogen-bond acceptors (Lipinski definition) is 1. The minimum atomic E-state index is -0.129. The fourth-order valence-corrected chi connectivity index (χ4v) is 3.41. The average molecular weight is 326 g/mol. The Labute approximate surface area is 142 Å². The molecular weight excluding hydrogens is 306 g/mol. The van der Waals surface area contributed by atoms with Gasteiger partial charge in [0.05, 0.1) is 6.04 Å². The highest BCUT2D eigenvalue weighted by Crippen LogP contribution is 2.38. The second-order valence-corrected chi connectivity index (χ2v) is 6.25. The van der Waals surface area contributed by atoms with Crippen molar-refractivity contribution in [3.05, 3.63) is 81.9 Å². The van der Waals surface area contributed by atoms with E-state index in [0.29, 0.717) is 11.6 Å². The van der Waals surface area contributed by atoms with Crippen molar-refractivity contribution >= 4 is 17.5 Å². The largest absolute Gasteiger partial charge is 0.327 e. The van der Waals surface area contributed by atoms with Crippen LogP contribution in [0, 0.1) is 0 Å². The van der Waals surface area contributed by atoms with Crippen LogP contribution in [0.4, 0.5) is 0 Å². The van der Waals surface area contributed by atoms with Gasteiger partial charge in [-0.2, -0.15) is 0 Å². The van der Waals surface area contributed by atoms with Gasteiger partial charge in [-0.25, -0.2) is 0 Å². The third-order valence-electron chi connectivity index (χ3n) is 4.51. The van der Waals surface area contributed by atoms with Gasteiger partial charge in [0.25, 0.3) is 0 Å². The standard InChI is InChI=1S/C20H20ClNO/c1-3-14(2)20(23)22-13-12-15-8-4-5-9-16(15)19(22)17-10-6-7-11-18(17)21/h3-11,19H,12-13H2,1-2H3/b14-3+. The number of carbonyl (C=O) groups is 1. The minimum Gasteiger partial charge on any atom is -0.327 e. The maximum Gasteiger partial charge on any atom is 0.249 e. The summed E-state index contributed by atoms with van der Waals surface area (Å²) in [5.74, 6) is 0.0759. The molecule has 23 heavy (non-hydrogen) atoms. The number of halogens is 1. The van der Waals surface area contributed by atoms with E-state index in [2.05, 4.69) is 18.2 Å². The van der Waals surface area contributed by atoms with Crippen LogP contribution in [-0.2, 0) is 11.2 Å². The third kappa shape index (κ3) is 2.91. The van der Waals surface area contributed by atoms with Gasteiger partial charge in [-0.1, -0.05) is 60.1 Å². The van der Waals surface area contributed by atoms with E-state index in [1.807, 2.05) is 55.2 Å². The van der Waals surface area contributed by atoms with Crippen LogP contribution in [0.2, 0.25) is 5.02 Å². The van der Waals surface area contributed by atoms with Crippen LogP contribution in [0.15, 0.2) is 60.2 Å². The predicted octanol–water partition coefficient (Wildman–Crippen LogP) is 4.78. The van der Waals surface area contributed by atoms with Crippen LogP contribution in [0.25, 0.3) is 0 Å². The first-order chi connectivity index (χ1) is 11.1. The first-order valence-electron chi connectivity index (χ1n) is 7.89. The second kappa shape index (κ2) is 6.59. The summed E-state index contributed by atoms with van der Waals surface area (Å²) < 4.78 is 0. The Bertz CT molecular complexity index is 766. The fraction of sp³-hybridized carbons (Fsp3) is 0.250. The van der Waals surface area contributed by atoms with Crippen molar-refractivity contribution in [2.45, 2.75) is 26.3 Å². The average Bonchev–Trinajstić information content (AvgIpc) is 2.60. The summed E-state index contributed by atoms with van der Waals surface area (Å²) in [4.78, 5) is 14.8. The van der Waals surface area contributed by atoms with Crippen molar-refractivity contribution < 1.29 is 4.79 Å². The summed E-state index contributed by atoms with van der Waals surface area (Å²) in [7, 11) is 0. The van der Waals surface area contributed by atoms with Gasteiger partial charge in [0, 0.05) is 17.1 Å². The van der Waals surface area contributed by atoms with E-state index in [4.69, 9.17) is 11.6 Å². The van der Waals surface area contributed by atoms with Gasteiger partial charge < -0.3 is 4.90 Å². The van der Waals surface area contributed by atoms with E-state index < -0.39 is 0 Å². The van der Waals surface area contributed by atoms with Gasteiger partial charge in [0.15, 0.2) is 0 Å². The first-order valence-corrected chi connectivity index (χ1v) is 8.27. The normalized spacial score (nSPS) is 17.8. The zero-order valence-electron chi connectivity index (χ0n) is 13.4. The molecule has 1 heterocycles. The van der Waals surface area contributed by atoms with Gasteiger partial charge >= 0.3 is 0 Å². The lowest BCUT2D eigenvalue weighted by atomic mass is 9.87. The smallest absolute Gasteiger partial charge is 0.249 e. The SMILES string of the molecule is C/C=C(\C)C(=O)N1CCc2ccccc2C1c1ccccc1Cl. The summed E-state index contributed by atoms with van der Waals surface area (Å²) >= 11 is 6.45. The number of carbonyl (C=O) groups excluding carboxylic acids is 1. The van der Waals surface area contributed by atoms with Gasteiger partial charge in [-0.15, -0.1) is 0 Å². The van der Waals surface area contributed by atoms with Crippen LogP contribution in [-0.4, -0.2) is 17.4 Å². The van der Waals surface area contributed by atoms with Crippen LogP contribution in [0.1, 0.15) is 36.6 Å². The summed E-state index contributed by atoms with van der Waals surface area (Å²) in [6.45, 7) is 4.47. The summed E-state index contributed by atoms with van der Waals surface area (Å²) in [5.41, 5.74) is 4.21. The molecule has 0 aliphatic carbocycles. The van der Waals surface area contributed by atoms with Crippen LogP contribution in [0.3, 0.4) is 0 Å². The molecule has 1 amide bonds. The molecule has 0 N–H and O–H groups in total. The third-order valence-corrected chi connectivity index (χ3v) is 4.86. The second-order valence-electron chi connectivity index (χ2n) is 5.84. The Kier molecular flexibility index (Phi) is 4.53. The Balaban J connectivity index is 2.15. The van der Waals surface area contributed by atoms with Crippen LogP contribution < -0.4 is 0 Å². The summed E-state index contributed by atoms with van der Waals surface area (Å²) in [6.07, 6.45) is 2.74. The lowest BCUT2D eigenvalue weighted by Gasteiger charge is -2.38. The number of amides is 1. The highest BCUT2D eigenvalue weighted by molar-refractivity contribution is 6.31. The van der Waals surface area contributed by atoms with E-state index in [9.17, 15) is 4.79 Å². The molecule has 118 valence electrons. The highest BCUT2D eigenvalue weighted by atomic mass is 35.5. The molecule has 3 heteroatoms. The maximum absolute atomic E-state index is 12.8. The molecule has 2 aromatic carbocycles. The zero-order chi connectivity index (χ0) is 16.4. The molecular formula is C20H20ClNO. The molecule has 1 aliphatic rings. The molecule has 0 aromatic heterocycles. The van der Waals surface area contributed by atoms with Crippen molar-refractivity contribution in [2.75, 3.05) is 6.54 Å². The molecule has 1 aliphatic heterocycles. The number of hydrogen-bond donors (Lipinski definition) is 0. The molecule has 2 aromatic rings. The predicted molar refractivity (Wildman–Crippen MR) is 94.6 cm³/mol. The number of nitrogens with zero attached hydrogens (tertiary/aromatic N) is 1. The number of benzene rings is 2. The Hall–Kier alpha value is -2.06. The van der Waals surface area contributed by atoms with Crippen molar-refractivity contribution in [1.82, 2.24) is 4.90 Å². The summed E-state index contributed by atoms with van der Waals surface area (Å²) in [5, 5.41) is 0.699. The lowest BCUT2D eigenvalue weighted by molar-refractivity contribution is -0.129. The van der Waals surface area contributed by atoms with Crippen LogP contribution >= 0.6 is 11.6 Å². The topological polar surface area (TPSA) is 20.3 Å². The minimum absolute atomic E-state index is 0.0759. The number of fused-ring (bicyclic) bond motifs is 1. The molecule has 0 bridgehead atoms. The molecule has 1 unspecified atom stereocenters. The molecule has 3 rings (SSSR count). The molecule has 0 spiro atoms. The van der Waals surface area contributed by atoms with E-state index in [-0.39, 0.29) is 11.9 Å². The van der Waals surface area contributed by atoms with Crippen molar-refractivity contribution in [3.8, 4) is 0 Å². The van der Waals surface area contributed by atoms with Crippen molar-refractivity contribution in [2.24, 2.45) is 0 Å². The monoisotopic (exact) mass is 325 g/mol. The molecule has 1 atom stereocenters. The molecule has 0 saturated heterocycles. The number of allylic oxidation sites excluding steroid dienone is 1. The first kappa shape index (κ1) is 15.8. The molecule has 2 nitrogen and oxygen atoms in total.